The molecule has 0 fully saturated rings. The molecule has 0 amide bonds. The topological polar surface area (TPSA) is 55.8 Å². The zero-order chi connectivity index (χ0) is 13.8. The predicted octanol–water partition coefficient (Wildman–Crippen LogP) is 2.62. The number of hydrogen-bond donors (Lipinski definition) is 1. The molecule has 0 spiro atoms. The highest BCUT2D eigenvalue weighted by molar-refractivity contribution is 5.90. The molecule has 0 bridgehead atoms. The van der Waals surface area contributed by atoms with Gasteiger partial charge in [0.25, 0.3) is 0 Å². The van der Waals surface area contributed by atoms with Crippen LogP contribution in [-0.4, -0.2) is 17.4 Å². The third kappa shape index (κ3) is 3.33. The van der Waals surface area contributed by atoms with Gasteiger partial charge in [-0.05, 0) is 24.6 Å². The Bertz CT molecular complexity index is 569. The van der Waals surface area contributed by atoms with Crippen LogP contribution in [0, 0.1) is 0 Å². The van der Waals surface area contributed by atoms with Crippen LogP contribution < -0.4 is 0 Å². The van der Waals surface area contributed by atoms with E-state index in [1.807, 2.05) is 6.07 Å². The Balaban J connectivity index is 2.15. The number of rotatable bonds is 3. The number of aliphatic hydroxyl groups is 1. The molecule has 2 rings (SSSR count). The second-order valence-electron chi connectivity index (χ2n) is 4.05. The molecular formula is C15H14O4. The zero-order valence-electron chi connectivity index (χ0n) is 10.5. The number of allylic oxidation sites excluding steroid dienone is 2. The molecular weight excluding hydrogens is 244 g/mol. The number of carbonyl (C=O) groups excluding carboxylic acids is 1. The summed E-state index contributed by atoms with van der Waals surface area (Å²) in [5.41, 5.74) is 1.26. The van der Waals surface area contributed by atoms with Crippen LogP contribution in [-0.2, 0) is 9.47 Å². The van der Waals surface area contributed by atoms with E-state index >= 15 is 0 Å². The van der Waals surface area contributed by atoms with Crippen molar-refractivity contribution in [2.24, 2.45) is 0 Å². The zero-order valence-corrected chi connectivity index (χ0v) is 10.5. The van der Waals surface area contributed by atoms with Crippen molar-refractivity contribution in [3.8, 4) is 0 Å². The first-order chi connectivity index (χ1) is 9.08. The van der Waals surface area contributed by atoms with E-state index in [2.05, 4.69) is 6.58 Å². The second-order valence-corrected chi connectivity index (χ2v) is 4.05. The molecule has 19 heavy (non-hydrogen) atoms. The number of ether oxygens (including phenoxy) is 2. The van der Waals surface area contributed by atoms with Crippen LogP contribution in [0.3, 0.4) is 0 Å². The summed E-state index contributed by atoms with van der Waals surface area (Å²) < 4.78 is 10.2. The van der Waals surface area contributed by atoms with Crippen LogP contribution in [0.4, 0.5) is 0 Å². The van der Waals surface area contributed by atoms with Crippen LogP contribution in [0.15, 0.2) is 54.5 Å². The van der Waals surface area contributed by atoms with Crippen molar-refractivity contribution < 1.29 is 19.4 Å². The van der Waals surface area contributed by atoms with E-state index in [0.29, 0.717) is 11.3 Å². The number of benzene rings is 1. The van der Waals surface area contributed by atoms with Gasteiger partial charge in [0.05, 0.1) is 5.56 Å². The molecule has 0 radical (unpaired) electrons. The minimum atomic E-state index is -1.09. The van der Waals surface area contributed by atoms with Crippen LogP contribution in [0.2, 0.25) is 0 Å². The highest BCUT2D eigenvalue weighted by atomic mass is 16.6. The monoisotopic (exact) mass is 258 g/mol. The quantitative estimate of drug-likeness (QED) is 0.847. The summed E-state index contributed by atoms with van der Waals surface area (Å²) in [6.45, 7) is 5.31. The lowest BCUT2D eigenvalue weighted by Gasteiger charge is -2.17. The molecule has 0 saturated heterocycles. The first-order valence-corrected chi connectivity index (χ1v) is 5.78. The fourth-order valence-electron chi connectivity index (χ4n) is 1.67. The van der Waals surface area contributed by atoms with Gasteiger partial charge in [0.2, 0.25) is 6.29 Å². The summed E-state index contributed by atoms with van der Waals surface area (Å²) in [6.07, 6.45) is 3.43. The molecule has 1 aliphatic heterocycles. The van der Waals surface area contributed by atoms with E-state index < -0.39 is 12.3 Å². The SMILES string of the molecule is C=Cc1cccc(C(=O)OC2=CC(O)OC(C)=C2)c1. The third-order valence-corrected chi connectivity index (χ3v) is 2.53. The molecule has 1 heterocycles. The van der Waals surface area contributed by atoms with Gasteiger partial charge >= 0.3 is 5.97 Å². The maximum Gasteiger partial charge on any atom is 0.343 e. The Morgan fingerprint density at radius 2 is 2.32 bits per heavy atom. The van der Waals surface area contributed by atoms with Gasteiger partial charge in [0.1, 0.15) is 11.5 Å². The molecule has 1 unspecified atom stereocenters. The fraction of sp³-hybridized carbons (Fsp3) is 0.133. The highest BCUT2D eigenvalue weighted by Crippen LogP contribution is 2.17. The van der Waals surface area contributed by atoms with E-state index in [1.165, 1.54) is 6.08 Å². The molecule has 4 nitrogen and oxygen atoms in total. The second kappa shape index (κ2) is 5.54. The molecule has 0 aromatic heterocycles. The first kappa shape index (κ1) is 13.1. The van der Waals surface area contributed by atoms with E-state index in [0.717, 1.165) is 5.56 Å². The van der Waals surface area contributed by atoms with E-state index in [-0.39, 0.29) is 5.76 Å². The molecule has 1 atom stereocenters. The first-order valence-electron chi connectivity index (χ1n) is 5.78. The van der Waals surface area contributed by atoms with Crippen molar-refractivity contribution >= 4 is 12.0 Å². The average molecular weight is 258 g/mol. The summed E-state index contributed by atoms with van der Waals surface area (Å²) in [4.78, 5) is 11.9. The van der Waals surface area contributed by atoms with Crippen LogP contribution in [0.25, 0.3) is 6.08 Å². The van der Waals surface area contributed by atoms with Crippen LogP contribution in [0.1, 0.15) is 22.8 Å². The van der Waals surface area contributed by atoms with Gasteiger partial charge in [-0.3, -0.25) is 0 Å². The Morgan fingerprint density at radius 3 is 3.00 bits per heavy atom. The Labute approximate surface area is 111 Å². The van der Waals surface area contributed by atoms with Crippen molar-refractivity contribution in [1.82, 2.24) is 0 Å². The average Bonchev–Trinajstić information content (AvgIpc) is 2.37. The lowest BCUT2D eigenvalue weighted by atomic mass is 10.1. The number of hydrogen-bond acceptors (Lipinski definition) is 4. The Hall–Kier alpha value is -2.33. The van der Waals surface area contributed by atoms with E-state index in [9.17, 15) is 9.90 Å². The number of aliphatic hydroxyl groups excluding tert-OH is 1. The summed E-state index contributed by atoms with van der Waals surface area (Å²) in [7, 11) is 0. The Kier molecular flexibility index (Phi) is 3.82. The van der Waals surface area contributed by atoms with Gasteiger partial charge in [0, 0.05) is 12.2 Å². The molecule has 0 aliphatic carbocycles. The van der Waals surface area contributed by atoms with Gasteiger partial charge in [-0.2, -0.15) is 0 Å². The Morgan fingerprint density at radius 1 is 1.53 bits per heavy atom. The lowest BCUT2D eigenvalue weighted by Crippen LogP contribution is -2.15. The van der Waals surface area contributed by atoms with Crippen molar-refractivity contribution in [3.05, 3.63) is 65.6 Å². The van der Waals surface area contributed by atoms with Crippen LogP contribution in [0.5, 0.6) is 0 Å². The third-order valence-electron chi connectivity index (χ3n) is 2.53. The van der Waals surface area contributed by atoms with Gasteiger partial charge in [-0.1, -0.05) is 24.8 Å². The van der Waals surface area contributed by atoms with Gasteiger partial charge in [0.15, 0.2) is 0 Å². The lowest BCUT2D eigenvalue weighted by molar-refractivity contribution is -0.0323. The van der Waals surface area contributed by atoms with Crippen molar-refractivity contribution in [3.63, 3.8) is 0 Å². The molecule has 98 valence electrons. The number of carbonyl (C=O) groups is 1. The van der Waals surface area contributed by atoms with E-state index in [4.69, 9.17) is 9.47 Å². The van der Waals surface area contributed by atoms with Crippen molar-refractivity contribution in [1.29, 1.82) is 0 Å². The number of esters is 1. The fourth-order valence-corrected chi connectivity index (χ4v) is 1.67. The van der Waals surface area contributed by atoms with Gasteiger partial charge < -0.3 is 14.6 Å². The largest absolute Gasteiger partial charge is 0.466 e. The molecule has 1 aromatic carbocycles. The maximum atomic E-state index is 11.9. The predicted molar refractivity (Wildman–Crippen MR) is 70.9 cm³/mol. The smallest absolute Gasteiger partial charge is 0.343 e. The summed E-state index contributed by atoms with van der Waals surface area (Å²) in [5, 5.41) is 9.37. The van der Waals surface area contributed by atoms with Crippen LogP contribution >= 0.6 is 0 Å². The normalized spacial score (nSPS) is 17.9. The molecule has 1 aliphatic rings. The minimum Gasteiger partial charge on any atom is -0.466 e. The van der Waals surface area contributed by atoms with Gasteiger partial charge in [-0.15, -0.1) is 0 Å². The molecule has 1 N–H and O–H groups in total. The standard InChI is InChI=1S/C15H14O4/c1-3-11-5-4-6-12(8-11)15(17)19-13-7-10(2)18-14(16)9-13/h3-9,14,16H,1H2,2H3. The maximum absolute atomic E-state index is 11.9. The molecule has 1 aromatic rings. The molecule has 0 saturated carbocycles. The van der Waals surface area contributed by atoms with Crippen molar-refractivity contribution in [2.45, 2.75) is 13.2 Å². The van der Waals surface area contributed by atoms with E-state index in [1.54, 1.807) is 37.3 Å². The minimum absolute atomic E-state index is 0.269. The molecule has 4 heteroatoms. The summed E-state index contributed by atoms with van der Waals surface area (Å²) >= 11 is 0. The highest BCUT2D eigenvalue weighted by Gasteiger charge is 2.15. The summed E-state index contributed by atoms with van der Waals surface area (Å²) in [5.74, 6) is 0.260. The van der Waals surface area contributed by atoms with Gasteiger partial charge in [-0.25, -0.2) is 4.79 Å². The summed E-state index contributed by atoms with van der Waals surface area (Å²) in [6, 6.07) is 6.93. The van der Waals surface area contributed by atoms with Crippen molar-refractivity contribution in [2.75, 3.05) is 0 Å².